The smallest absolute Gasteiger partial charge is 0.252 e. The molecular formula is C29H37N5O4. The zero-order valence-electron chi connectivity index (χ0n) is 22.0. The maximum absolute atomic E-state index is 13.9. The molecule has 0 saturated heterocycles. The van der Waals surface area contributed by atoms with Crippen LogP contribution >= 0.6 is 0 Å². The summed E-state index contributed by atoms with van der Waals surface area (Å²) in [4.78, 5) is 21.8. The van der Waals surface area contributed by atoms with E-state index in [1.807, 2.05) is 55.5 Å². The molecule has 1 aliphatic carbocycles. The highest BCUT2D eigenvalue weighted by Crippen LogP contribution is 2.34. The number of aliphatic hydroxyl groups excluding tert-OH is 1. The molecule has 9 nitrogen and oxygen atoms in total. The summed E-state index contributed by atoms with van der Waals surface area (Å²) in [6.07, 6.45) is 6.34. The van der Waals surface area contributed by atoms with Crippen molar-refractivity contribution in [2.75, 3.05) is 19.8 Å². The Balaban J connectivity index is 1.61. The van der Waals surface area contributed by atoms with Crippen LogP contribution in [-0.2, 0) is 22.5 Å². The summed E-state index contributed by atoms with van der Waals surface area (Å²) in [5, 5.41) is 15.9. The van der Waals surface area contributed by atoms with Gasteiger partial charge in [-0.2, -0.15) is 0 Å². The fourth-order valence-corrected chi connectivity index (χ4v) is 5.21. The second-order valence-electron chi connectivity index (χ2n) is 10.1. The molecule has 2 atom stereocenters. The molecule has 1 saturated carbocycles. The molecular weight excluding hydrogens is 482 g/mol. The minimum absolute atomic E-state index is 0.0809. The van der Waals surface area contributed by atoms with Gasteiger partial charge in [0.05, 0.1) is 13.2 Å². The Morgan fingerprint density at radius 2 is 1.92 bits per heavy atom. The second-order valence-corrected chi connectivity index (χ2v) is 10.1. The zero-order valence-corrected chi connectivity index (χ0v) is 22.0. The largest absolute Gasteiger partial charge is 0.494 e. The number of carbonyl (C=O) groups excluding carboxylic acids is 1. The molecule has 202 valence electrons. The van der Waals surface area contributed by atoms with Crippen LogP contribution in [0.4, 0.5) is 0 Å². The first kappa shape index (κ1) is 27.5. The van der Waals surface area contributed by atoms with Crippen molar-refractivity contribution in [3.05, 3.63) is 75.7 Å². The Hall–Kier alpha value is -3.55. The van der Waals surface area contributed by atoms with E-state index in [2.05, 4.69) is 15.3 Å². The van der Waals surface area contributed by atoms with E-state index >= 15 is 0 Å². The molecule has 2 aromatic rings. The number of ether oxygens (including phenoxy) is 2. The van der Waals surface area contributed by atoms with Gasteiger partial charge in [0.15, 0.2) is 5.54 Å². The van der Waals surface area contributed by atoms with Crippen LogP contribution in [0.25, 0.3) is 10.4 Å². The van der Waals surface area contributed by atoms with Crippen molar-refractivity contribution in [3.8, 4) is 5.75 Å². The Kier molecular flexibility index (Phi) is 9.62. The van der Waals surface area contributed by atoms with Crippen LogP contribution in [0.15, 0.2) is 58.6 Å². The summed E-state index contributed by atoms with van der Waals surface area (Å²) in [6.45, 7) is 3.24. The van der Waals surface area contributed by atoms with Gasteiger partial charge in [-0.25, -0.2) is 4.99 Å². The van der Waals surface area contributed by atoms with Crippen LogP contribution < -0.4 is 10.1 Å². The molecule has 2 aliphatic rings. The lowest BCUT2D eigenvalue weighted by atomic mass is 9.83. The third-order valence-electron chi connectivity index (χ3n) is 7.49. The van der Waals surface area contributed by atoms with Gasteiger partial charge in [-0.15, -0.1) is 0 Å². The van der Waals surface area contributed by atoms with Crippen molar-refractivity contribution >= 4 is 11.8 Å². The number of nitrogens with zero attached hydrogens (tertiary/aromatic N) is 4. The number of amides is 1. The highest BCUT2D eigenvalue weighted by Gasteiger charge is 2.50. The first-order valence-corrected chi connectivity index (χ1v) is 13.5. The average Bonchev–Trinajstić information content (AvgIpc) is 3.29. The van der Waals surface area contributed by atoms with E-state index in [0.29, 0.717) is 43.6 Å². The summed E-state index contributed by atoms with van der Waals surface area (Å²) in [6, 6.07) is 15.1. The minimum Gasteiger partial charge on any atom is -0.494 e. The molecule has 0 radical (unpaired) electrons. The second kappa shape index (κ2) is 13.3. The Morgan fingerprint density at radius 1 is 1.18 bits per heavy atom. The lowest BCUT2D eigenvalue weighted by Crippen LogP contribution is -2.53. The molecule has 2 N–H and O–H groups in total. The minimum atomic E-state index is -1.16. The molecule has 4 rings (SSSR count). The summed E-state index contributed by atoms with van der Waals surface area (Å²) in [5.41, 5.74) is 10.2. The maximum atomic E-state index is 13.9. The number of benzene rings is 2. The Labute approximate surface area is 223 Å². The normalized spacial score (nSPS) is 21.2. The maximum Gasteiger partial charge on any atom is 0.252 e. The predicted molar refractivity (Wildman–Crippen MR) is 146 cm³/mol. The van der Waals surface area contributed by atoms with E-state index in [1.54, 1.807) is 0 Å². The monoisotopic (exact) mass is 519 g/mol. The SMILES string of the molecule is C[C@H]1OC(c2ccc(OCCCO)cc2)=N[C@@]1(Cc1ccccc1CN=[N+]=[N-])C(=O)NCC1CCCCC1. The molecule has 0 aromatic heterocycles. The lowest BCUT2D eigenvalue weighted by Gasteiger charge is -2.30. The highest BCUT2D eigenvalue weighted by molar-refractivity contribution is 6.01. The number of carbonyl (C=O) groups is 1. The third kappa shape index (κ3) is 6.65. The Morgan fingerprint density at radius 3 is 2.63 bits per heavy atom. The molecule has 2 aromatic carbocycles. The van der Waals surface area contributed by atoms with Gasteiger partial charge in [0, 0.05) is 36.5 Å². The van der Waals surface area contributed by atoms with Crippen molar-refractivity contribution in [2.24, 2.45) is 16.0 Å². The topological polar surface area (TPSA) is 129 Å². The molecule has 1 fully saturated rings. The molecule has 0 unspecified atom stereocenters. The molecule has 9 heteroatoms. The number of aliphatic hydroxyl groups is 1. The van der Waals surface area contributed by atoms with Gasteiger partial charge in [-0.3, -0.25) is 4.79 Å². The zero-order chi connectivity index (χ0) is 26.8. The van der Waals surface area contributed by atoms with Gasteiger partial charge in [0.2, 0.25) is 5.90 Å². The van der Waals surface area contributed by atoms with Crippen LogP contribution in [0.1, 0.15) is 62.1 Å². The average molecular weight is 520 g/mol. The van der Waals surface area contributed by atoms with Gasteiger partial charge in [-0.1, -0.05) is 48.6 Å². The summed E-state index contributed by atoms with van der Waals surface area (Å²) < 4.78 is 11.9. The standard InChI is InChI=1S/C29H37N5O4/c1-21-29(28(36)31-19-22-8-3-2-4-9-22,18-24-10-5-6-11-25(24)20-32-34-30)33-27(38-21)23-12-14-26(15-13-23)37-17-7-16-35/h5-6,10-15,21-22,35H,2-4,7-9,16-20H2,1H3,(H,31,36)/t21-,29-/m1/s1. The summed E-state index contributed by atoms with van der Waals surface area (Å²) >= 11 is 0. The lowest BCUT2D eigenvalue weighted by molar-refractivity contribution is -0.128. The summed E-state index contributed by atoms with van der Waals surface area (Å²) in [7, 11) is 0. The number of rotatable bonds is 12. The molecule has 1 aliphatic heterocycles. The fourth-order valence-electron chi connectivity index (χ4n) is 5.21. The van der Waals surface area contributed by atoms with Gasteiger partial charge in [0.25, 0.3) is 5.91 Å². The van der Waals surface area contributed by atoms with Gasteiger partial charge < -0.3 is 19.9 Å². The molecule has 0 bridgehead atoms. The third-order valence-corrected chi connectivity index (χ3v) is 7.49. The number of hydrogen-bond acceptors (Lipinski definition) is 6. The Bertz CT molecular complexity index is 1160. The van der Waals surface area contributed by atoms with E-state index in [4.69, 9.17) is 25.1 Å². The van der Waals surface area contributed by atoms with Crippen molar-refractivity contribution in [1.82, 2.24) is 5.32 Å². The number of nitrogens with one attached hydrogen (secondary N) is 1. The first-order chi connectivity index (χ1) is 18.6. The molecule has 0 spiro atoms. The summed E-state index contributed by atoms with van der Waals surface area (Å²) in [5.74, 6) is 1.45. The van der Waals surface area contributed by atoms with Gasteiger partial charge >= 0.3 is 0 Å². The van der Waals surface area contributed by atoms with Crippen molar-refractivity contribution in [1.29, 1.82) is 0 Å². The number of hydrogen-bond donors (Lipinski definition) is 2. The predicted octanol–water partition coefficient (Wildman–Crippen LogP) is 5.10. The first-order valence-electron chi connectivity index (χ1n) is 13.5. The molecule has 1 heterocycles. The van der Waals surface area contributed by atoms with Crippen LogP contribution in [0.3, 0.4) is 0 Å². The van der Waals surface area contributed by atoms with Crippen LogP contribution in [0.5, 0.6) is 5.75 Å². The van der Waals surface area contributed by atoms with E-state index in [9.17, 15) is 4.79 Å². The quantitative estimate of drug-likeness (QED) is 0.175. The van der Waals surface area contributed by atoms with Crippen molar-refractivity contribution < 1.29 is 19.4 Å². The number of azide groups is 1. The number of aliphatic imine (C=N–C) groups is 1. The molecule has 38 heavy (non-hydrogen) atoms. The van der Waals surface area contributed by atoms with Crippen molar-refractivity contribution in [2.45, 2.75) is 70.1 Å². The van der Waals surface area contributed by atoms with E-state index in [0.717, 1.165) is 29.5 Å². The van der Waals surface area contributed by atoms with E-state index in [1.165, 1.54) is 19.3 Å². The van der Waals surface area contributed by atoms with E-state index in [-0.39, 0.29) is 19.1 Å². The molecule has 1 amide bonds. The van der Waals surface area contributed by atoms with Crippen LogP contribution in [-0.4, -0.2) is 48.3 Å². The van der Waals surface area contributed by atoms with Crippen LogP contribution in [0.2, 0.25) is 0 Å². The van der Waals surface area contributed by atoms with Gasteiger partial charge in [-0.05, 0) is 66.6 Å². The van der Waals surface area contributed by atoms with Gasteiger partial charge in [0.1, 0.15) is 11.9 Å². The highest BCUT2D eigenvalue weighted by atomic mass is 16.5. The van der Waals surface area contributed by atoms with Crippen LogP contribution in [0, 0.1) is 5.92 Å². The fraction of sp³-hybridized carbons (Fsp3) is 0.517. The van der Waals surface area contributed by atoms with E-state index < -0.39 is 11.6 Å². The van der Waals surface area contributed by atoms with Crippen molar-refractivity contribution in [3.63, 3.8) is 0 Å².